The standard InChI is InChI=1S/C59H38N4/c1-3-14-39(15-4-1)40-28-30-42(31-29-40)49-25-12-19-44-20-13-26-50(55(44)49)43-32-34-46(35-33-43)58-60-57(45-17-5-2-6-18-45)61-59(62-58)47-21-11-22-48(38-47)63-54-27-10-9-24-52(54)53-37-36-41-16-7-8-23-51(41)56(53)63/h1-38H/i1D,3D,4D,14D,15D. The van der Waals surface area contributed by atoms with Crippen molar-refractivity contribution in [2.75, 3.05) is 0 Å². The van der Waals surface area contributed by atoms with E-state index < -0.39 is 6.04 Å². The number of benzene rings is 10. The van der Waals surface area contributed by atoms with Gasteiger partial charge >= 0.3 is 0 Å². The Morgan fingerprint density at radius 2 is 0.889 bits per heavy atom. The first-order valence-corrected chi connectivity index (χ1v) is 20.9. The smallest absolute Gasteiger partial charge is 0.164 e. The second-order valence-electron chi connectivity index (χ2n) is 15.6. The van der Waals surface area contributed by atoms with Crippen molar-refractivity contribution >= 4 is 43.4 Å². The van der Waals surface area contributed by atoms with Crippen molar-refractivity contribution in [1.82, 2.24) is 19.5 Å². The molecule has 4 nitrogen and oxygen atoms in total. The van der Waals surface area contributed by atoms with Crippen LogP contribution >= 0.6 is 0 Å². The van der Waals surface area contributed by atoms with Gasteiger partial charge in [-0.1, -0.05) is 212 Å². The predicted molar refractivity (Wildman–Crippen MR) is 262 cm³/mol. The number of aromatic nitrogens is 4. The summed E-state index contributed by atoms with van der Waals surface area (Å²) in [6, 6.07) is 66.9. The van der Waals surface area contributed by atoms with Gasteiger partial charge in [0, 0.05) is 38.5 Å². The van der Waals surface area contributed by atoms with Crippen molar-refractivity contribution in [2.24, 2.45) is 0 Å². The molecule has 0 aliphatic carbocycles. The minimum Gasteiger partial charge on any atom is -0.309 e. The highest BCUT2D eigenvalue weighted by atomic mass is 15.0. The molecule has 294 valence electrons. The van der Waals surface area contributed by atoms with E-state index in [1.54, 1.807) is 0 Å². The Bertz CT molecular complexity index is 3930. The zero-order valence-electron chi connectivity index (χ0n) is 38.8. The summed E-state index contributed by atoms with van der Waals surface area (Å²) < 4.78 is 43.8. The Labute approximate surface area is 372 Å². The maximum atomic E-state index is 8.50. The SMILES string of the molecule is [2H]c1c([2H])c([2H])c(-c2ccc(-c3cccc4cccc(-c5ccc(-c6nc(-c7ccccc7)nc(-c7cccc(-n8c9ccccc9c9ccc%10ccccc%10c98)c7)n6)cc5)c34)cc2)c([2H])c1[2H]. The molecule has 0 fully saturated rings. The topological polar surface area (TPSA) is 43.6 Å². The maximum absolute atomic E-state index is 8.50. The first-order valence-electron chi connectivity index (χ1n) is 23.4. The molecule has 12 aromatic rings. The van der Waals surface area contributed by atoms with Crippen LogP contribution in [0.4, 0.5) is 0 Å². The summed E-state index contributed by atoms with van der Waals surface area (Å²) in [5.74, 6) is 1.72. The molecule has 63 heavy (non-hydrogen) atoms. The van der Waals surface area contributed by atoms with Crippen LogP contribution in [0, 0.1) is 0 Å². The van der Waals surface area contributed by atoms with Crippen molar-refractivity contribution in [3.05, 3.63) is 230 Å². The summed E-state index contributed by atoms with van der Waals surface area (Å²) in [5, 5.41) is 6.91. The number of nitrogens with zero attached hydrogens (tertiary/aromatic N) is 4. The summed E-state index contributed by atoms with van der Waals surface area (Å²) >= 11 is 0. The van der Waals surface area contributed by atoms with Crippen LogP contribution < -0.4 is 0 Å². The fourth-order valence-corrected chi connectivity index (χ4v) is 8.96. The van der Waals surface area contributed by atoms with E-state index in [4.69, 9.17) is 21.8 Å². The highest BCUT2D eigenvalue weighted by molar-refractivity contribution is 6.18. The Morgan fingerprint density at radius 1 is 0.349 bits per heavy atom. The van der Waals surface area contributed by atoms with Crippen LogP contribution in [0.1, 0.15) is 6.85 Å². The molecule has 10 aromatic carbocycles. The predicted octanol–water partition coefficient (Wildman–Crippen LogP) is 15.3. The molecule has 0 aliphatic heterocycles. The van der Waals surface area contributed by atoms with Crippen molar-refractivity contribution in [2.45, 2.75) is 0 Å². The first kappa shape index (κ1) is 31.4. The maximum Gasteiger partial charge on any atom is 0.164 e. The Balaban J connectivity index is 0.942. The van der Waals surface area contributed by atoms with Crippen LogP contribution in [0.5, 0.6) is 0 Å². The van der Waals surface area contributed by atoms with Crippen LogP contribution in [0.25, 0.3) is 117 Å². The molecule has 2 heterocycles. The lowest BCUT2D eigenvalue weighted by molar-refractivity contribution is 1.07. The lowest BCUT2D eigenvalue weighted by atomic mass is 9.90. The first-order chi connectivity index (χ1) is 33.3. The molecular formula is C59H38N4. The molecule has 0 spiro atoms. The fourth-order valence-electron chi connectivity index (χ4n) is 8.96. The van der Waals surface area contributed by atoms with Crippen molar-refractivity contribution in [1.29, 1.82) is 0 Å². The van der Waals surface area contributed by atoms with Gasteiger partial charge in [-0.15, -0.1) is 0 Å². The van der Waals surface area contributed by atoms with Gasteiger partial charge in [0.05, 0.1) is 17.9 Å². The molecule has 4 heteroatoms. The van der Waals surface area contributed by atoms with Crippen LogP contribution in [-0.4, -0.2) is 19.5 Å². The van der Waals surface area contributed by atoms with E-state index in [9.17, 15) is 0 Å². The summed E-state index contributed by atoms with van der Waals surface area (Å²) in [7, 11) is 0. The van der Waals surface area contributed by atoms with Crippen LogP contribution in [-0.2, 0) is 0 Å². The molecule has 0 radical (unpaired) electrons. The number of fused-ring (bicyclic) bond motifs is 6. The van der Waals surface area contributed by atoms with Gasteiger partial charge < -0.3 is 4.57 Å². The van der Waals surface area contributed by atoms with Crippen molar-refractivity contribution < 1.29 is 6.85 Å². The monoisotopic (exact) mass is 807 g/mol. The third-order valence-electron chi connectivity index (χ3n) is 11.9. The molecule has 12 rings (SSSR count). The average molecular weight is 808 g/mol. The van der Waals surface area contributed by atoms with Gasteiger partial charge in [-0.05, 0) is 67.7 Å². The van der Waals surface area contributed by atoms with E-state index in [0.29, 0.717) is 23.0 Å². The molecule has 0 N–H and O–H groups in total. The number of hydrogen-bond acceptors (Lipinski definition) is 3. The van der Waals surface area contributed by atoms with Crippen LogP contribution in [0.2, 0.25) is 0 Å². The number of rotatable bonds is 7. The number of hydrogen-bond donors (Lipinski definition) is 0. The molecule has 0 bridgehead atoms. The fraction of sp³-hybridized carbons (Fsp3) is 0. The highest BCUT2D eigenvalue weighted by Gasteiger charge is 2.18. The van der Waals surface area contributed by atoms with Gasteiger partial charge in [-0.3, -0.25) is 0 Å². The van der Waals surface area contributed by atoms with E-state index in [1.807, 2.05) is 60.7 Å². The van der Waals surface area contributed by atoms with Gasteiger partial charge in [0.15, 0.2) is 17.5 Å². The van der Waals surface area contributed by atoms with Crippen molar-refractivity contribution in [3.8, 4) is 73.2 Å². The lowest BCUT2D eigenvalue weighted by Gasteiger charge is -2.14. The Morgan fingerprint density at radius 3 is 1.60 bits per heavy atom. The molecule has 0 aliphatic rings. The molecule has 0 unspecified atom stereocenters. The quantitative estimate of drug-likeness (QED) is 0.161. The van der Waals surface area contributed by atoms with E-state index >= 15 is 0 Å². The largest absolute Gasteiger partial charge is 0.309 e. The number of para-hydroxylation sites is 1. The third kappa shape index (κ3) is 6.44. The zero-order chi connectivity index (χ0) is 46.0. The minimum absolute atomic E-state index is 0.184. The normalized spacial score (nSPS) is 12.6. The second-order valence-corrected chi connectivity index (χ2v) is 15.6. The van der Waals surface area contributed by atoms with E-state index in [1.165, 1.54) is 21.5 Å². The van der Waals surface area contributed by atoms with E-state index in [-0.39, 0.29) is 29.7 Å². The van der Waals surface area contributed by atoms with Crippen LogP contribution in [0.3, 0.4) is 0 Å². The highest BCUT2D eigenvalue weighted by Crippen LogP contribution is 2.40. The zero-order valence-corrected chi connectivity index (χ0v) is 33.8. The third-order valence-corrected chi connectivity index (χ3v) is 11.9. The lowest BCUT2D eigenvalue weighted by Crippen LogP contribution is -2.01. The van der Waals surface area contributed by atoms with E-state index in [0.717, 1.165) is 66.4 Å². The van der Waals surface area contributed by atoms with Gasteiger partial charge in [0.2, 0.25) is 0 Å². The van der Waals surface area contributed by atoms with Gasteiger partial charge in [0.25, 0.3) is 0 Å². The molecule has 2 aromatic heterocycles. The summed E-state index contributed by atoms with van der Waals surface area (Å²) in [4.78, 5) is 15.3. The molecule has 0 amide bonds. The molecule has 0 saturated heterocycles. The second kappa shape index (κ2) is 15.2. The van der Waals surface area contributed by atoms with Gasteiger partial charge in [-0.25, -0.2) is 15.0 Å². The minimum atomic E-state index is -0.404. The average Bonchev–Trinajstić information content (AvgIpc) is 3.75. The Kier molecular flexibility index (Phi) is 7.59. The molecule has 0 saturated carbocycles. The molecule has 0 atom stereocenters. The Hall–Kier alpha value is -8.47. The molecular weight excluding hydrogens is 765 g/mol. The van der Waals surface area contributed by atoms with Gasteiger partial charge in [0.1, 0.15) is 0 Å². The summed E-state index contributed by atoms with van der Waals surface area (Å²) in [5.41, 5.74) is 10.7. The summed E-state index contributed by atoms with van der Waals surface area (Å²) in [6.45, 7) is 0. The summed E-state index contributed by atoms with van der Waals surface area (Å²) in [6.07, 6.45) is 0. The van der Waals surface area contributed by atoms with E-state index in [2.05, 4.69) is 144 Å². The van der Waals surface area contributed by atoms with Crippen molar-refractivity contribution in [3.63, 3.8) is 0 Å². The van der Waals surface area contributed by atoms with Crippen LogP contribution in [0.15, 0.2) is 230 Å². The van der Waals surface area contributed by atoms with Gasteiger partial charge in [-0.2, -0.15) is 0 Å².